The lowest BCUT2D eigenvalue weighted by Gasteiger charge is -2.31. The predicted molar refractivity (Wildman–Crippen MR) is 266 cm³/mol. The monoisotopic (exact) mass is 828 g/mol. The van der Waals surface area contributed by atoms with Gasteiger partial charge in [-0.3, -0.25) is 0 Å². The van der Waals surface area contributed by atoms with Crippen LogP contribution < -0.4 is 0 Å². The van der Waals surface area contributed by atoms with Crippen LogP contribution in [-0.2, 0) is 11.8 Å². The van der Waals surface area contributed by atoms with Crippen molar-refractivity contribution < 1.29 is 8.83 Å². The van der Waals surface area contributed by atoms with Crippen molar-refractivity contribution in [2.24, 2.45) is 0 Å². The van der Waals surface area contributed by atoms with Crippen molar-refractivity contribution in [3.63, 3.8) is 0 Å². The molecule has 1 spiro atoms. The smallest absolute Gasteiger partial charge is 0.135 e. The molecule has 0 bridgehead atoms. The van der Waals surface area contributed by atoms with E-state index in [1.54, 1.807) is 0 Å². The highest BCUT2D eigenvalue weighted by Crippen LogP contribution is 2.64. The van der Waals surface area contributed by atoms with Crippen LogP contribution in [0.3, 0.4) is 0 Å². The molecule has 0 aliphatic heterocycles. The summed E-state index contributed by atoms with van der Waals surface area (Å²) >= 11 is 0. The molecule has 0 fully saturated rings. The van der Waals surface area contributed by atoms with Gasteiger partial charge in [-0.25, -0.2) is 0 Å². The third kappa shape index (κ3) is 4.19. The van der Waals surface area contributed by atoms with Crippen LogP contribution in [0, 0.1) is 0 Å². The van der Waals surface area contributed by atoms with Crippen LogP contribution in [0.2, 0.25) is 0 Å². The van der Waals surface area contributed by atoms with E-state index in [1.165, 1.54) is 105 Å². The van der Waals surface area contributed by atoms with Gasteiger partial charge in [-0.15, -0.1) is 0 Å². The van der Waals surface area contributed by atoms with Crippen molar-refractivity contribution in [3.8, 4) is 27.9 Å². The van der Waals surface area contributed by atoms with Gasteiger partial charge in [0.05, 0.1) is 27.5 Å². The normalized spacial score (nSPS) is 16.0. The van der Waals surface area contributed by atoms with Gasteiger partial charge < -0.3 is 18.0 Å². The van der Waals surface area contributed by atoms with Crippen LogP contribution in [0.15, 0.2) is 197 Å². The Morgan fingerprint density at radius 1 is 0.354 bits per heavy atom. The fourth-order valence-electron chi connectivity index (χ4n) is 12.6. The van der Waals surface area contributed by atoms with E-state index in [2.05, 4.69) is 197 Å². The Labute approximate surface area is 372 Å². The molecule has 0 amide bonds. The van der Waals surface area contributed by atoms with E-state index in [1.807, 2.05) is 6.07 Å². The summed E-state index contributed by atoms with van der Waals surface area (Å²) in [6, 6.07) is 69.9. The molecule has 3 aliphatic rings. The van der Waals surface area contributed by atoms with Gasteiger partial charge in [0.1, 0.15) is 22.5 Å². The van der Waals surface area contributed by atoms with Crippen molar-refractivity contribution in [1.82, 2.24) is 9.13 Å². The third-order valence-electron chi connectivity index (χ3n) is 15.2. The number of hydrogen-bond donors (Lipinski definition) is 0. The van der Waals surface area contributed by atoms with Gasteiger partial charge in [0.15, 0.2) is 0 Å². The lowest BCUT2D eigenvalue weighted by molar-refractivity contribution is 0.546. The molecule has 4 aromatic heterocycles. The van der Waals surface area contributed by atoms with Crippen LogP contribution in [0.1, 0.15) is 40.0 Å². The van der Waals surface area contributed by atoms with E-state index < -0.39 is 5.41 Å². The van der Waals surface area contributed by atoms with Crippen molar-refractivity contribution in [2.75, 3.05) is 0 Å². The van der Waals surface area contributed by atoms with Crippen LogP contribution in [-0.4, -0.2) is 9.13 Å². The first-order chi connectivity index (χ1) is 32.2. The average molecular weight is 829 g/mol. The molecule has 0 saturated heterocycles. The van der Waals surface area contributed by atoms with Crippen LogP contribution in [0.25, 0.3) is 116 Å². The van der Waals surface area contributed by atoms with Crippen molar-refractivity contribution in [1.29, 1.82) is 0 Å². The number of rotatable bonds is 2. The van der Waals surface area contributed by atoms with E-state index in [4.69, 9.17) is 8.83 Å². The Hall–Kier alpha value is -8.34. The zero-order valence-corrected chi connectivity index (χ0v) is 35.1. The van der Waals surface area contributed by atoms with Gasteiger partial charge in [-0.1, -0.05) is 121 Å². The Bertz CT molecular complexity index is 4300. The molecule has 13 aromatic rings. The molecule has 65 heavy (non-hydrogen) atoms. The fraction of sp³-hybridized carbons (Fsp3) is 0.0492. The number of benzene rings is 9. The van der Waals surface area contributed by atoms with Gasteiger partial charge in [0.25, 0.3) is 0 Å². The minimum Gasteiger partial charge on any atom is -0.460 e. The maximum atomic E-state index is 6.42. The molecular weight excluding hydrogens is 793 g/mol. The predicted octanol–water partition coefficient (Wildman–Crippen LogP) is 15.8. The topological polar surface area (TPSA) is 36.1 Å². The van der Waals surface area contributed by atoms with Crippen LogP contribution >= 0.6 is 0 Å². The molecule has 3 aliphatic carbocycles. The molecule has 4 nitrogen and oxygen atoms in total. The third-order valence-corrected chi connectivity index (χ3v) is 15.2. The molecular formula is C61H36N2O2. The Morgan fingerprint density at radius 3 is 1.58 bits per heavy atom. The number of furan rings is 2. The summed E-state index contributed by atoms with van der Waals surface area (Å²) in [5.41, 5.74) is 21.2. The van der Waals surface area contributed by atoms with E-state index >= 15 is 0 Å². The van der Waals surface area contributed by atoms with Gasteiger partial charge in [-0.2, -0.15) is 0 Å². The van der Waals surface area contributed by atoms with Crippen molar-refractivity contribution >= 4 is 88.3 Å². The largest absolute Gasteiger partial charge is 0.460 e. The van der Waals surface area contributed by atoms with Gasteiger partial charge in [0, 0.05) is 61.1 Å². The summed E-state index contributed by atoms with van der Waals surface area (Å²) in [4.78, 5) is 0. The highest BCUT2D eigenvalue weighted by atomic mass is 16.3. The molecule has 0 N–H and O–H groups in total. The lowest BCUT2D eigenvalue weighted by Crippen LogP contribution is -2.26. The number of allylic oxidation sites excluding steroid dienone is 1. The molecule has 9 aromatic carbocycles. The first-order valence-corrected chi connectivity index (χ1v) is 22.7. The number of aromatic nitrogens is 2. The summed E-state index contributed by atoms with van der Waals surface area (Å²) < 4.78 is 17.8. The maximum Gasteiger partial charge on any atom is 0.135 e. The summed E-state index contributed by atoms with van der Waals surface area (Å²) in [6.45, 7) is 0. The lowest BCUT2D eigenvalue weighted by atomic mass is 9.70. The number of para-hydroxylation sites is 4. The quantitative estimate of drug-likeness (QED) is 0.174. The Morgan fingerprint density at radius 2 is 0.892 bits per heavy atom. The molecule has 0 radical (unpaired) electrons. The molecule has 0 saturated carbocycles. The number of fused-ring (bicyclic) bond motifs is 22. The summed E-state index contributed by atoms with van der Waals surface area (Å²) in [5, 5.41) is 8.47. The summed E-state index contributed by atoms with van der Waals surface area (Å²) in [6.07, 6.45) is 4.14. The van der Waals surface area contributed by atoms with Gasteiger partial charge in [0.2, 0.25) is 0 Å². The van der Waals surface area contributed by atoms with E-state index in [-0.39, 0.29) is 0 Å². The summed E-state index contributed by atoms with van der Waals surface area (Å²) in [5.74, 6) is 1.08. The molecule has 302 valence electrons. The van der Waals surface area contributed by atoms with E-state index in [0.717, 1.165) is 51.8 Å². The summed E-state index contributed by atoms with van der Waals surface area (Å²) in [7, 11) is 0. The zero-order chi connectivity index (χ0) is 42.1. The SMILES string of the molecule is C1=C(n2c3ccccc3c3cc4c(cc32)C2(c3ccccc3-4)c3ccccc3-c3cc4c5ccccc5n(-c5ccc6oc7ccccc7c6c5)c4cc32)CCc2oc3ccccc3c21. The van der Waals surface area contributed by atoms with Gasteiger partial charge in [-0.05, 0) is 124 Å². The number of hydrogen-bond acceptors (Lipinski definition) is 2. The Kier molecular flexibility index (Phi) is 6.32. The van der Waals surface area contributed by atoms with Gasteiger partial charge >= 0.3 is 0 Å². The fourth-order valence-corrected chi connectivity index (χ4v) is 12.6. The van der Waals surface area contributed by atoms with Crippen molar-refractivity contribution in [3.05, 3.63) is 222 Å². The second-order valence-electron chi connectivity index (χ2n) is 18.2. The number of aryl methyl sites for hydroxylation is 1. The second-order valence-corrected chi connectivity index (χ2v) is 18.2. The minimum atomic E-state index is -0.553. The van der Waals surface area contributed by atoms with Crippen LogP contribution in [0.5, 0.6) is 0 Å². The highest BCUT2D eigenvalue weighted by molar-refractivity contribution is 6.16. The zero-order valence-electron chi connectivity index (χ0n) is 35.1. The first kappa shape index (κ1) is 34.2. The molecule has 4 heteroatoms. The maximum absolute atomic E-state index is 6.42. The number of nitrogens with zero attached hydrogens (tertiary/aromatic N) is 2. The molecule has 1 atom stereocenters. The Balaban J connectivity index is 1.01. The molecule has 1 unspecified atom stereocenters. The van der Waals surface area contributed by atoms with E-state index in [9.17, 15) is 0 Å². The standard InChI is InChI=1S/C61H36N2O2/c1-7-19-49-37(13-1)43-31-45-39-15-3-9-21-53(39)62(35-25-27-59-47(29-35)41-17-5-11-23-57(41)64-59)55(45)33-51(43)61(49)50-20-8-2-14-38(50)44-32-46-40-16-4-10-22-54(40)63(56(46)34-52(44)61)36-26-28-60-48(30-36)42-18-6-12-24-58(42)65-60/h1-25,27,29-34H,26,28H2. The first-order valence-electron chi connectivity index (χ1n) is 22.7. The van der Waals surface area contributed by atoms with Crippen LogP contribution in [0.4, 0.5) is 0 Å². The van der Waals surface area contributed by atoms with E-state index in [0.29, 0.717) is 0 Å². The minimum absolute atomic E-state index is 0.553. The molecule has 4 heterocycles. The molecule has 16 rings (SSSR count). The second kappa shape index (κ2) is 12.0. The van der Waals surface area contributed by atoms with Crippen molar-refractivity contribution in [2.45, 2.75) is 18.3 Å². The average Bonchev–Trinajstić information content (AvgIpc) is 4.19. The highest BCUT2D eigenvalue weighted by Gasteiger charge is 2.52.